The van der Waals surface area contributed by atoms with Gasteiger partial charge in [-0.05, 0) is 63.5 Å². The lowest BCUT2D eigenvalue weighted by Crippen LogP contribution is -2.40. The summed E-state index contributed by atoms with van der Waals surface area (Å²) < 4.78 is 25.0. The molecule has 0 spiro atoms. The summed E-state index contributed by atoms with van der Waals surface area (Å²) >= 11 is 1.27. The van der Waals surface area contributed by atoms with Gasteiger partial charge in [-0.1, -0.05) is 49.4 Å². The number of rotatable bonds is 10. The Labute approximate surface area is 238 Å². The van der Waals surface area contributed by atoms with Gasteiger partial charge in [0.1, 0.15) is 11.8 Å². The predicted octanol–water partition coefficient (Wildman–Crippen LogP) is 4.63. The number of thiazole rings is 1. The van der Waals surface area contributed by atoms with E-state index in [-0.39, 0.29) is 18.3 Å². The zero-order valence-electron chi connectivity index (χ0n) is 24.0. The Morgan fingerprint density at radius 2 is 1.85 bits per heavy atom. The lowest BCUT2D eigenvalue weighted by Gasteiger charge is -2.26. The summed E-state index contributed by atoms with van der Waals surface area (Å²) in [5, 5.41) is 0. The van der Waals surface area contributed by atoms with Crippen LogP contribution in [0.3, 0.4) is 0 Å². The van der Waals surface area contributed by atoms with Gasteiger partial charge in [0.15, 0.2) is 16.3 Å². The van der Waals surface area contributed by atoms with Gasteiger partial charge in [-0.3, -0.25) is 9.36 Å². The molecule has 1 aromatic heterocycles. The minimum Gasteiger partial charge on any atom is -0.493 e. The average Bonchev–Trinajstić information content (AvgIpc) is 3.21. The topological polar surface area (TPSA) is 88.4 Å². The first-order valence-corrected chi connectivity index (χ1v) is 14.2. The fourth-order valence-corrected chi connectivity index (χ4v) is 5.50. The molecule has 0 N–H and O–H groups in total. The minimum atomic E-state index is -0.756. The highest BCUT2D eigenvalue weighted by Crippen LogP contribution is 2.36. The summed E-state index contributed by atoms with van der Waals surface area (Å²) in [6.45, 7) is 12.3. The van der Waals surface area contributed by atoms with Crippen LogP contribution in [0.5, 0.6) is 17.2 Å². The van der Waals surface area contributed by atoms with E-state index < -0.39 is 12.0 Å². The van der Waals surface area contributed by atoms with Gasteiger partial charge in [-0.15, -0.1) is 0 Å². The third kappa shape index (κ3) is 6.14. The number of ether oxygens (including phenoxy) is 4. The summed E-state index contributed by atoms with van der Waals surface area (Å²) in [5.74, 6) is 1.68. The highest BCUT2D eigenvalue weighted by Gasteiger charge is 2.35. The molecule has 3 aromatic rings. The summed E-state index contributed by atoms with van der Waals surface area (Å²) in [4.78, 5) is 32.4. The molecular weight excluding hydrogens is 528 g/mol. The first-order chi connectivity index (χ1) is 19.1. The molecule has 0 bridgehead atoms. The normalized spacial score (nSPS) is 15.2. The number of allylic oxidation sites excluding steroid dienone is 1. The molecule has 8 nitrogen and oxygen atoms in total. The molecule has 1 aliphatic heterocycles. The van der Waals surface area contributed by atoms with Crippen LogP contribution in [-0.2, 0) is 9.53 Å². The molecule has 0 saturated heterocycles. The van der Waals surface area contributed by atoms with Crippen molar-refractivity contribution in [2.75, 3.05) is 20.3 Å². The summed E-state index contributed by atoms with van der Waals surface area (Å²) in [7, 11) is 1.59. The van der Waals surface area contributed by atoms with Crippen molar-refractivity contribution in [1.82, 2.24) is 4.57 Å². The molecule has 212 valence electrons. The number of hydrogen-bond acceptors (Lipinski definition) is 8. The van der Waals surface area contributed by atoms with Crippen LogP contribution >= 0.6 is 11.3 Å². The number of methoxy groups -OCH3 is 1. The Bertz CT molecular complexity index is 1600. The first kappa shape index (κ1) is 29.1. The second kappa shape index (κ2) is 12.6. The second-order valence-corrected chi connectivity index (χ2v) is 11.1. The van der Waals surface area contributed by atoms with E-state index in [9.17, 15) is 9.59 Å². The number of para-hydroxylation sites is 1. The fraction of sp³-hybridized carbons (Fsp3) is 0.387. The van der Waals surface area contributed by atoms with Gasteiger partial charge in [0.05, 0.1) is 42.2 Å². The van der Waals surface area contributed by atoms with Crippen molar-refractivity contribution in [3.8, 4) is 17.2 Å². The van der Waals surface area contributed by atoms with E-state index in [0.29, 0.717) is 55.9 Å². The number of hydrogen-bond donors (Lipinski definition) is 0. The van der Waals surface area contributed by atoms with Gasteiger partial charge in [0, 0.05) is 5.56 Å². The zero-order valence-corrected chi connectivity index (χ0v) is 24.8. The van der Waals surface area contributed by atoms with Crippen LogP contribution in [0, 0.1) is 5.92 Å². The van der Waals surface area contributed by atoms with E-state index in [1.54, 1.807) is 31.6 Å². The predicted molar refractivity (Wildman–Crippen MR) is 156 cm³/mol. The van der Waals surface area contributed by atoms with Gasteiger partial charge in [-0.25, -0.2) is 9.79 Å². The number of carbonyl (C=O) groups excluding carboxylic acids is 1. The molecule has 0 unspecified atom stereocenters. The molecule has 0 amide bonds. The van der Waals surface area contributed by atoms with E-state index >= 15 is 0 Å². The van der Waals surface area contributed by atoms with Gasteiger partial charge in [-0.2, -0.15) is 0 Å². The highest BCUT2D eigenvalue weighted by atomic mass is 32.1. The molecule has 40 heavy (non-hydrogen) atoms. The molecule has 4 rings (SSSR count). The Balaban J connectivity index is 1.88. The molecule has 1 aliphatic rings. The maximum atomic E-state index is 14.0. The Morgan fingerprint density at radius 1 is 1.10 bits per heavy atom. The van der Waals surface area contributed by atoms with Crippen molar-refractivity contribution < 1.29 is 23.7 Å². The van der Waals surface area contributed by atoms with Gasteiger partial charge >= 0.3 is 5.97 Å². The van der Waals surface area contributed by atoms with E-state index in [4.69, 9.17) is 18.9 Å². The lowest BCUT2D eigenvalue weighted by molar-refractivity contribution is -0.139. The van der Waals surface area contributed by atoms with E-state index in [1.165, 1.54) is 11.3 Å². The summed E-state index contributed by atoms with van der Waals surface area (Å²) in [6, 6.07) is 12.3. The molecule has 9 heteroatoms. The average molecular weight is 565 g/mol. The summed E-state index contributed by atoms with van der Waals surface area (Å²) in [6.07, 6.45) is 1.70. The molecule has 0 aliphatic carbocycles. The minimum absolute atomic E-state index is 0.101. The van der Waals surface area contributed by atoms with Crippen LogP contribution in [0.4, 0.5) is 0 Å². The van der Waals surface area contributed by atoms with Gasteiger partial charge in [0.25, 0.3) is 5.56 Å². The van der Waals surface area contributed by atoms with E-state index in [2.05, 4.69) is 18.8 Å². The lowest BCUT2D eigenvalue weighted by atomic mass is 9.95. The molecule has 0 fully saturated rings. The molecule has 0 radical (unpaired) electrons. The largest absolute Gasteiger partial charge is 0.493 e. The molecule has 2 aromatic carbocycles. The molecule has 0 saturated carbocycles. The van der Waals surface area contributed by atoms with Crippen molar-refractivity contribution in [1.29, 1.82) is 0 Å². The number of aromatic nitrogens is 1. The quantitative estimate of drug-likeness (QED) is 0.334. The SMILES string of the molecule is CCOC(=O)C1=C(C)N=c2s/c(=C\c3ccc(OCC(C)C)c(OC)c3)c(=O)n2[C@@H]1c1ccccc1OC(C)C. The Kier molecular flexibility index (Phi) is 9.14. The third-order valence-corrected chi connectivity index (χ3v) is 7.13. The first-order valence-electron chi connectivity index (χ1n) is 13.4. The van der Waals surface area contributed by atoms with Gasteiger partial charge in [0.2, 0.25) is 0 Å². The maximum Gasteiger partial charge on any atom is 0.338 e. The van der Waals surface area contributed by atoms with Crippen LogP contribution in [-0.4, -0.2) is 37.0 Å². The number of carbonyl (C=O) groups is 1. The van der Waals surface area contributed by atoms with Crippen molar-refractivity contribution in [2.24, 2.45) is 10.9 Å². The maximum absolute atomic E-state index is 14.0. The summed E-state index contributed by atoms with van der Waals surface area (Å²) in [5.41, 5.74) is 2.02. The smallest absolute Gasteiger partial charge is 0.338 e. The van der Waals surface area contributed by atoms with Crippen LogP contribution in [0.25, 0.3) is 6.08 Å². The van der Waals surface area contributed by atoms with Crippen molar-refractivity contribution in [3.63, 3.8) is 0 Å². The monoisotopic (exact) mass is 564 g/mol. The van der Waals surface area contributed by atoms with Crippen LogP contribution in [0.15, 0.2) is 63.5 Å². The van der Waals surface area contributed by atoms with Crippen LogP contribution < -0.4 is 29.1 Å². The number of esters is 1. The van der Waals surface area contributed by atoms with Crippen LogP contribution in [0.2, 0.25) is 0 Å². The van der Waals surface area contributed by atoms with Crippen molar-refractivity contribution >= 4 is 23.4 Å². The zero-order chi connectivity index (χ0) is 29.0. The highest BCUT2D eigenvalue weighted by molar-refractivity contribution is 7.07. The number of benzene rings is 2. The van der Waals surface area contributed by atoms with E-state index in [0.717, 1.165) is 5.56 Å². The standard InChI is InChI=1S/C31H36N2O6S/c1-8-37-30(35)27-20(6)32-31-33(28(27)22-11-9-10-12-23(22)39-19(4)5)29(34)26(40-31)16-21-13-14-24(25(15-21)36-7)38-17-18(2)3/h9-16,18-19,28H,8,17H2,1-7H3/b26-16-/t28-/m1/s1. The molecule has 1 atom stereocenters. The van der Waals surface area contributed by atoms with Crippen LogP contribution in [0.1, 0.15) is 58.7 Å². The Hall–Kier alpha value is -3.85. The molecular formula is C31H36N2O6S. The number of nitrogens with zero attached hydrogens (tertiary/aromatic N) is 2. The van der Waals surface area contributed by atoms with Crippen molar-refractivity contribution in [3.05, 3.63) is 84.5 Å². The van der Waals surface area contributed by atoms with Gasteiger partial charge < -0.3 is 18.9 Å². The molecule has 2 heterocycles. The Morgan fingerprint density at radius 3 is 2.52 bits per heavy atom. The van der Waals surface area contributed by atoms with Crippen molar-refractivity contribution in [2.45, 2.75) is 53.7 Å². The third-order valence-electron chi connectivity index (χ3n) is 6.15. The second-order valence-electron chi connectivity index (χ2n) is 10.1. The number of fused-ring (bicyclic) bond motifs is 1. The fourth-order valence-electron chi connectivity index (χ4n) is 4.45. The van der Waals surface area contributed by atoms with E-state index in [1.807, 2.05) is 56.3 Å².